The highest BCUT2D eigenvalue weighted by molar-refractivity contribution is 5.73. The Hall–Kier alpha value is -1.50. The fraction of sp³-hybridized carbons (Fsp3) is 0.286. The molecule has 76 valence electrons. The fourth-order valence-electron chi connectivity index (χ4n) is 2.43. The van der Waals surface area contributed by atoms with E-state index in [-0.39, 0.29) is 0 Å². The monoisotopic (exact) mass is 197 g/mol. The van der Waals surface area contributed by atoms with Crippen molar-refractivity contribution in [2.45, 2.75) is 19.3 Å². The number of hydrogen-bond acceptors (Lipinski definition) is 1. The zero-order chi connectivity index (χ0) is 10.1. The van der Waals surface area contributed by atoms with Crippen molar-refractivity contribution in [2.75, 3.05) is 11.4 Å². The molecule has 3 rings (SSSR count). The largest absolute Gasteiger partial charge is 0.341 e. The van der Waals surface area contributed by atoms with Gasteiger partial charge in [0.15, 0.2) is 0 Å². The van der Waals surface area contributed by atoms with Crippen LogP contribution in [0.15, 0.2) is 42.1 Å². The molecule has 1 aliphatic carbocycles. The average molecular weight is 197 g/mol. The summed E-state index contributed by atoms with van der Waals surface area (Å²) in [6.45, 7) is 1.03. The molecule has 0 amide bonds. The van der Waals surface area contributed by atoms with E-state index < -0.39 is 0 Å². The molecule has 1 aromatic carbocycles. The van der Waals surface area contributed by atoms with Crippen LogP contribution in [0.4, 0.5) is 5.69 Å². The number of nitrogens with zero attached hydrogens (tertiary/aromatic N) is 1. The summed E-state index contributed by atoms with van der Waals surface area (Å²) in [7, 11) is 0. The Bertz CT molecular complexity index is 429. The van der Waals surface area contributed by atoms with Gasteiger partial charge in [-0.2, -0.15) is 0 Å². The first-order valence-corrected chi connectivity index (χ1v) is 5.67. The van der Waals surface area contributed by atoms with Gasteiger partial charge in [-0.05, 0) is 30.9 Å². The van der Waals surface area contributed by atoms with Gasteiger partial charge in [0.05, 0.1) is 0 Å². The summed E-state index contributed by atoms with van der Waals surface area (Å²) in [5.41, 5.74) is 4.22. The number of anilines is 1. The Morgan fingerprint density at radius 2 is 2.07 bits per heavy atom. The highest BCUT2D eigenvalue weighted by Crippen LogP contribution is 2.32. The molecular weight excluding hydrogens is 182 g/mol. The number of benzene rings is 1. The molecule has 0 atom stereocenters. The summed E-state index contributed by atoms with van der Waals surface area (Å²) in [6.07, 6.45) is 10.7. The molecule has 0 saturated carbocycles. The minimum absolute atomic E-state index is 1.03. The molecule has 15 heavy (non-hydrogen) atoms. The van der Waals surface area contributed by atoms with Crippen LogP contribution in [0, 0.1) is 0 Å². The molecule has 0 aromatic heterocycles. The van der Waals surface area contributed by atoms with E-state index in [2.05, 4.69) is 47.4 Å². The van der Waals surface area contributed by atoms with E-state index in [0.717, 1.165) is 6.54 Å². The van der Waals surface area contributed by atoms with E-state index in [1.54, 1.807) is 0 Å². The highest BCUT2D eigenvalue weighted by Gasteiger charge is 2.17. The molecule has 0 unspecified atom stereocenters. The molecule has 0 spiro atoms. The molecule has 0 radical (unpaired) electrons. The average Bonchev–Trinajstić information content (AvgIpc) is 2.82. The summed E-state index contributed by atoms with van der Waals surface area (Å²) >= 11 is 0. The van der Waals surface area contributed by atoms with Crippen LogP contribution in [0.3, 0.4) is 0 Å². The normalized spacial score (nSPS) is 18.9. The Morgan fingerprint density at radius 3 is 2.93 bits per heavy atom. The molecule has 2 aliphatic rings. The van der Waals surface area contributed by atoms with Gasteiger partial charge in [-0.3, -0.25) is 0 Å². The topological polar surface area (TPSA) is 3.24 Å². The molecule has 1 heterocycles. The van der Waals surface area contributed by atoms with E-state index >= 15 is 0 Å². The van der Waals surface area contributed by atoms with Crippen molar-refractivity contribution in [1.82, 2.24) is 0 Å². The van der Waals surface area contributed by atoms with Crippen molar-refractivity contribution in [3.05, 3.63) is 47.7 Å². The van der Waals surface area contributed by atoms with Gasteiger partial charge >= 0.3 is 0 Å². The Labute approximate surface area is 90.7 Å². The number of para-hydroxylation sites is 1. The number of allylic oxidation sites excluding steroid dienone is 2. The summed E-state index contributed by atoms with van der Waals surface area (Å²) in [5.74, 6) is 0. The van der Waals surface area contributed by atoms with Gasteiger partial charge in [-0.1, -0.05) is 36.4 Å². The Morgan fingerprint density at radius 1 is 1.13 bits per heavy atom. The van der Waals surface area contributed by atoms with Crippen molar-refractivity contribution in [3.63, 3.8) is 0 Å². The van der Waals surface area contributed by atoms with Gasteiger partial charge in [-0.25, -0.2) is 0 Å². The second kappa shape index (κ2) is 3.58. The molecule has 1 nitrogen and oxygen atoms in total. The summed E-state index contributed by atoms with van der Waals surface area (Å²) in [6, 6.07) is 8.64. The number of hydrogen-bond donors (Lipinski definition) is 0. The van der Waals surface area contributed by atoms with E-state index in [1.807, 2.05) is 0 Å². The van der Waals surface area contributed by atoms with Crippen LogP contribution in [-0.4, -0.2) is 6.54 Å². The minimum atomic E-state index is 1.03. The third-order valence-electron chi connectivity index (χ3n) is 3.18. The first kappa shape index (κ1) is 8.78. The zero-order valence-electron chi connectivity index (χ0n) is 8.82. The van der Waals surface area contributed by atoms with Crippen molar-refractivity contribution < 1.29 is 0 Å². The van der Waals surface area contributed by atoms with Crippen LogP contribution in [0.25, 0.3) is 6.08 Å². The Balaban J connectivity index is 2.02. The lowest BCUT2D eigenvalue weighted by Crippen LogP contribution is -2.24. The van der Waals surface area contributed by atoms with Gasteiger partial charge in [0.1, 0.15) is 0 Å². The summed E-state index contributed by atoms with van der Waals surface area (Å²) in [4.78, 5) is 2.45. The maximum absolute atomic E-state index is 2.45. The van der Waals surface area contributed by atoms with Crippen LogP contribution in [-0.2, 0) is 0 Å². The van der Waals surface area contributed by atoms with Gasteiger partial charge < -0.3 is 4.90 Å². The fourth-order valence-corrected chi connectivity index (χ4v) is 2.43. The first-order chi connectivity index (χ1) is 7.45. The van der Waals surface area contributed by atoms with Crippen molar-refractivity contribution in [3.8, 4) is 0 Å². The van der Waals surface area contributed by atoms with Crippen LogP contribution in [0.2, 0.25) is 0 Å². The SMILES string of the molecule is C1=Cc2ccccc2N(C2=CCCC2)C1. The summed E-state index contributed by atoms with van der Waals surface area (Å²) in [5, 5.41) is 0. The lowest BCUT2D eigenvalue weighted by Gasteiger charge is -2.29. The minimum Gasteiger partial charge on any atom is -0.341 e. The van der Waals surface area contributed by atoms with Crippen LogP contribution in [0.5, 0.6) is 0 Å². The molecule has 0 saturated heterocycles. The third-order valence-corrected chi connectivity index (χ3v) is 3.18. The van der Waals surface area contributed by atoms with Crippen LogP contribution in [0.1, 0.15) is 24.8 Å². The van der Waals surface area contributed by atoms with E-state index in [4.69, 9.17) is 0 Å². The highest BCUT2D eigenvalue weighted by atomic mass is 15.1. The van der Waals surface area contributed by atoms with Gasteiger partial charge in [-0.15, -0.1) is 0 Å². The molecule has 1 aliphatic heterocycles. The van der Waals surface area contributed by atoms with E-state index in [0.29, 0.717) is 0 Å². The summed E-state index contributed by atoms with van der Waals surface area (Å²) < 4.78 is 0. The van der Waals surface area contributed by atoms with Gasteiger partial charge in [0.2, 0.25) is 0 Å². The standard InChI is InChI=1S/C14H15N/c1-4-10-14-12(6-1)7-5-11-15(14)13-8-2-3-9-13/h1,4-8,10H,2-3,9,11H2. The molecule has 0 fully saturated rings. The van der Waals surface area contributed by atoms with Crippen molar-refractivity contribution >= 4 is 11.8 Å². The van der Waals surface area contributed by atoms with E-state index in [9.17, 15) is 0 Å². The first-order valence-electron chi connectivity index (χ1n) is 5.67. The van der Waals surface area contributed by atoms with Gasteiger partial charge in [0, 0.05) is 17.9 Å². The second-order valence-electron chi connectivity index (χ2n) is 4.16. The number of rotatable bonds is 1. The van der Waals surface area contributed by atoms with Crippen molar-refractivity contribution in [1.29, 1.82) is 0 Å². The van der Waals surface area contributed by atoms with Crippen molar-refractivity contribution in [2.24, 2.45) is 0 Å². The molecule has 0 N–H and O–H groups in total. The molecular formula is C14H15N. The van der Waals surface area contributed by atoms with Crippen LogP contribution >= 0.6 is 0 Å². The third kappa shape index (κ3) is 1.48. The maximum Gasteiger partial charge on any atom is 0.0484 e. The maximum atomic E-state index is 2.45. The van der Waals surface area contributed by atoms with Gasteiger partial charge in [0.25, 0.3) is 0 Å². The smallest absolute Gasteiger partial charge is 0.0484 e. The lowest BCUT2D eigenvalue weighted by atomic mass is 10.1. The molecule has 1 heteroatoms. The quantitative estimate of drug-likeness (QED) is 0.665. The lowest BCUT2D eigenvalue weighted by molar-refractivity contribution is 0.862. The predicted molar refractivity (Wildman–Crippen MR) is 64.8 cm³/mol. The zero-order valence-corrected chi connectivity index (χ0v) is 8.82. The second-order valence-corrected chi connectivity index (χ2v) is 4.16. The number of fused-ring (bicyclic) bond motifs is 1. The Kier molecular flexibility index (Phi) is 2.09. The molecule has 1 aromatic rings. The molecule has 0 bridgehead atoms. The van der Waals surface area contributed by atoms with E-state index in [1.165, 1.54) is 36.2 Å². The predicted octanol–water partition coefficient (Wildman–Crippen LogP) is 3.59. The van der Waals surface area contributed by atoms with Crippen LogP contribution < -0.4 is 4.90 Å².